The van der Waals surface area contributed by atoms with Crippen molar-refractivity contribution in [3.05, 3.63) is 59.9 Å². The summed E-state index contributed by atoms with van der Waals surface area (Å²) in [4.78, 5) is 25.6. The van der Waals surface area contributed by atoms with Crippen LogP contribution in [0.3, 0.4) is 0 Å². The maximum atomic E-state index is 13.6. The van der Waals surface area contributed by atoms with Gasteiger partial charge in [-0.1, -0.05) is 6.07 Å². The van der Waals surface area contributed by atoms with E-state index in [1.165, 1.54) is 16.7 Å². The molecule has 0 spiro atoms. The van der Waals surface area contributed by atoms with Crippen LogP contribution in [0.1, 0.15) is 16.2 Å². The SMILES string of the molecule is Cc1nc2ccc(F)cn2c1C(=O)N1CCN(c2ccccn2)CC1. The molecule has 1 amide bonds. The minimum atomic E-state index is -0.390. The normalized spacial score (nSPS) is 15.0. The molecule has 0 atom stereocenters. The number of amides is 1. The highest BCUT2D eigenvalue weighted by Gasteiger charge is 2.26. The average Bonchev–Trinajstić information content (AvgIpc) is 2.97. The molecule has 0 saturated carbocycles. The quantitative estimate of drug-likeness (QED) is 0.718. The third-order valence-electron chi connectivity index (χ3n) is 4.50. The summed E-state index contributed by atoms with van der Waals surface area (Å²) >= 11 is 0. The van der Waals surface area contributed by atoms with E-state index in [1.807, 2.05) is 18.2 Å². The molecular formula is C18H18FN5O. The summed E-state index contributed by atoms with van der Waals surface area (Å²) in [6, 6.07) is 8.74. The van der Waals surface area contributed by atoms with Crippen LogP contribution in [-0.2, 0) is 0 Å². The fourth-order valence-corrected chi connectivity index (χ4v) is 3.22. The Morgan fingerprint density at radius 2 is 1.92 bits per heavy atom. The number of anilines is 1. The van der Waals surface area contributed by atoms with Gasteiger partial charge in [-0.25, -0.2) is 14.4 Å². The number of imidazole rings is 1. The van der Waals surface area contributed by atoms with Crippen molar-refractivity contribution in [3.63, 3.8) is 0 Å². The topological polar surface area (TPSA) is 53.7 Å². The van der Waals surface area contributed by atoms with Gasteiger partial charge in [-0.2, -0.15) is 0 Å². The smallest absolute Gasteiger partial charge is 0.272 e. The van der Waals surface area contributed by atoms with E-state index < -0.39 is 0 Å². The number of piperazine rings is 1. The molecule has 6 nitrogen and oxygen atoms in total. The molecule has 7 heteroatoms. The first kappa shape index (κ1) is 15.6. The molecule has 1 aliphatic rings. The van der Waals surface area contributed by atoms with E-state index in [-0.39, 0.29) is 11.7 Å². The van der Waals surface area contributed by atoms with E-state index in [4.69, 9.17) is 0 Å². The van der Waals surface area contributed by atoms with Crippen LogP contribution in [0.4, 0.5) is 10.2 Å². The van der Waals surface area contributed by atoms with Crippen molar-refractivity contribution in [3.8, 4) is 0 Å². The minimum Gasteiger partial charge on any atom is -0.353 e. The lowest BCUT2D eigenvalue weighted by Gasteiger charge is -2.35. The van der Waals surface area contributed by atoms with E-state index >= 15 is 0 Å². The molecule has 0 N–H and O–H groups in total. The van der Waals surface area contributed by atoms with Crippen LogP contribution in [0.25, 0.3) is 5.65 Å². The Morgan fingerprint density at radius 1 is 1.12 bits per heavy atom. The number of carbonyl (C=O) groups excluding carboxylic acids is 1. The summed E-state index contributed by atoms with van der Waals surface area (Å²) in [5.41, 5.74) is 1.62. The van der Waals surface area contributed by atoms with E-state index in [1.54, 1.807) is 24.1 Å². The number of aryl methyl sites for hydroxylation is 1. The second-order valence-electron chi connectivity index (χ2n) is 6.09. The number of halogens is 1. The third-order valence-corrected chi connectivity index (χ3v) is 4.50. The summed E-state index contributed by atoms with van der Waals surface area (Å²) in [5.74, 6) is 0.415. The number of fused-ring (bicyclic) bond motifs is 1. The lowest BCUT2D eigenvalue weighted by Crippen LogP contribution is -2.49. The Balaban J connectivity index is 1.55. The van der Waals surface area contributed by atoms with Crippen LogP contribution in [0.2, 0.25) is 0 Å². The first-order valence-corrected chi connectivity index (χ1v) is 8.23. The van der Waals surface area contributed by atoms with Crippen molar-refractivity contribution in [2.24, 2.45) is 0 Å². The Labute approximate surface area is 144 Å². The molecule has 4 heterocycles. The lowest BCUT2D eigenvalue weighted by molar-refractivity contribution is 0.0738. The number of hydrogen-bond acceptors (Lipinski definition) is 4. The minimum absolute atomic E-state index is 0.115. The molecule has 0 unspecified atom stereocenters. The Kier molecular flexibility index (Phi) is 3.83. The molecule has 1 saturated heterocycles. The van der Waals surface area contributed by atoms with Gasteiger partial charge in [-0.15, -0.1) is 0 Å². The predicted molar refractivity (Wildman–Crippen MR) is 92.2 cm³/mol. The van der Waals surface area contributed by atoms with Crippen LogP contribution in [0.5, 0.6) is 0 Å². The van der Waals surface area contributed by atoms with Gasteiger partial charge in [0.1, 0.15) is 23.0 Å². The van der Waals surface area contributed by atoms with Gasteiger partial charge in [-0.05, 0) is 31.2 Å². The van der Waals surface area contributed by atoms with Gasteiger partial charge in [0.2, 0.25) is 0 Å². The maximum absolute atomic E-state index is 13.6. The molecule has 25 heavy (non-hydrogen) atoms. The third kappa shape index (κ3) is 2.82. The second kappa shape index (κ2) is 6.16. The Bertz CT molecular complexity index is 916. The van der Waals surface area contributed by atoms with Crippen molar-refractivity contribution in [2.45, 2.75) is 6.92 Å². The average molecular weight is 339 g/mol. The van der Waals surface area contributed by atoms with Gasteiger partial charge < -0.3 is 9.80 Å². The molecule has 3 aromatic heterocycles. The van der Waals surface area contributed by atoms with E-state index in [0.29, 0.717) is 43.2 Å². The molecule has 0 aliphatic carbocycles. The molecule has 128 valence electrons. The van der Waals surface area contributed by atoms with Crippen molar-refractivity contribution >= 4 is 17.4 Å². The van der Waals surface area contributed by atoms with Gasteiger partial charge in [0.05, 0.1) is 5.69 Å². The van der Waals surface area contributed by atoms with E-state index in [9.17, 15) is 9.18 Å². The fraction of sp³-hybridized carbons (Fsp3) is 0.278. The molecule has 0 radical (unpaired) electrons. The Hall–Kier alpha value is -2.96. The first-order valence-electron chi connectivity index (χ1n) is 8.23. The summed E-state index contributed by atoms with van der Waals surface area (Å²) in [6.07, 6.45) is 3.08. The summed E-state index contributed by atoms with van der Waals surface area (Å²) in [6.45, 7) is 4.40. The first-order chi connectivity index (χ1) is 12.1. The molecule has 1 aliphatic heterocycles. The number of hydrogen-bond donors (Lipinski definition) is 0. The van der Waals surface area contributed by atoms with Crippen LogP contribution in [-0.4, -0.2) is 51.4 Å². The van der Waals surface area contributed by atoms with Crippen molar-refractivity contribution in [1.29, 1.82) is 0 Å². The number of pyridine rings is 2. The highest BCUT2D eigenvalue weighted by Crippen LogP contribution is 2.18. The molecule has 0 bridgehead atoms. The van der Waals surface area contributed by atoms with Gasteiger partial charge in [0.15, 0.2) is 0 Å². The summed E-state index contributed by atoms with van der Waals surface area (Å²) < 4.78 is 15.1. The summed E-state index contributed by atoms with van der Waals surface area (Å²) in [5, 5.41) is 0. The van der Waals surface area contributed by atoms with Crippen LogP contribution in [0, 0.1) is 12.7 Å². The molecule has 1 fully saturated rings. The molecule has 3 aromatic rings. The maximum Gasteiger partial charge on any atom is 0.272 e. The largest absolute Gasteiger partial charge is 0.353 e. The standard InChI is InChI=1S/C18H18FN5O/c1-13-17(24-12-14(19)5-6-16(24)21-13)18(25)23-10-8-22(9-11-23)15-4-2-3-7-20-15/h2-7,12H,8-11H2,1H3. The fourth-order valence-electron chi connectivity index (χ4n) is 3.22. The second-order valence-corrected chi connectivity index (χ2v) is 6.09. The lowest BCUT2D eigenvalue weighted by atomic mass is 10.2. The van der Waals surface area contributed by atoms with Crippen LogP contribution < -0.4 is 4.90 Å². The predicted octanol–water partition coefficient (Wildman–Crippen LogP) is 2.14. The highest BCUT2D eigenvalue weighted by molar-refractivity contribution is 5.94. The highest BCUT2D eigenvalue weighted by atomic mass is 19.1. The van der Waals surface area contributed by atoms with Gasteiger partial charge >= 0.3 is 0 Å². The number of carbonyl (C=O) groups is 1. The van der Waals surface area contributed by atoms with Crippen LogP contribution in [0.15, 0.2) is 42.7 Å². The zero-order valence-corrected chi connectivity index (χ0v) is 13.9. The Morgan fingerprint density at radius 3 is 2.64 bits per heavy atom. The zero-order chi connectivity index (χ0) is 17.4. The van der Waals surface area contributed by atoms with Gasteiger partial charge in [0.25, 0.3) is 5.91 Å². The van der Waals surface area contributed by atoms with Crippen molar-refractivity contribution < 1.29 is 9.18 Å². The monoisotopic (exact) mass is 339 g/mol. The molecule has 4 rings (SSSR count). The number of aromatic nitrogens is 3. The van der Waals surface area contributed by atoms with E-state index in [0.717, 1.165) is 5.82 Å². The zero-order valence-electron chi connectivity index (χ0n) is 13.9. The van der Waals surface area contributed by atoms with Crippen LogP contribution >= 0.6 is 0 Å². The van der Waals surface area contributed by atoms with Gasteiger partial charge in [0, 0.05) is 38.6 Å². The molecule has 0 aromatic carbocycles. The van der Waals surface area contributed by atoms with Crippen molar-refractivity contribution in [1.82, 2.24) is 19.3 Å². The molecular weight excluding hydrogens is 321 g/mol. The van der Waals surface area contributed by atoms with Gasteiger partial charge in [-0.3, -0.25) is 9.20 Å². The summed E-state index contributed by atoms with van der Waals surface area (Å²) in [7, 11) is 0. The van der Waals surface area contributed by atoms with Crippen molar-refractivity contribution in [2.75, 3.05) is 31.1 Å². The number of nitrogens with zero attached hydrogens (tertiary/aromatic N) is 5. The van der Waals surface area contributed by atoms with E-state index in [2.05, 4.69) is 14.9 Å². The number of rotatable bonds is 2.